The van der Waals surface area contributed by atoms with Gasteiger partial charge in [-0.05, 0) is 80.1 Å². The monoisotopic (exact) mass is 558 g/mol. The van der Waals surface area contributed by atoms with Gasteiger partial charge in [-0.25, -0.2) is 4.39 Å². The maximum atomic E-state index is 14.1. The van der Waals surface area contributed by atoms with Crippen LogP contribution in [0.5, 0.6) is 0 Å². The van der Waals surface area contributed by atoms with Crippen LogP contribution in [0.15, 0.2) is 36.4 Å². The first-order valence-electron chi connectivity index (χ1n) is 12.3. The molecule has 0 spiro atoms. The second kappa shape index (κ2) is 10.9. The molecule has 1 heterocycles. The van der Waals surface area contributed by atoms with Gasteiger partial charge in [0.2, 0.25) is 5.91 Å². The van der Waals surface area contributed by atoms with Gasteiger partial charge in [-0.1, -0.05) is 0 Å². The Hall–Kier alpha value is -3.57. The number of halogens is 7. The molecule has 1 N–H and O–H groups in total. The summed E-state index contributed by atoms with van der Waals surface area (Å²) >= 11 is 0. The summed E-state index contributed by atoms with van der Waals surface area (Å²) in [4.78, 5) is 24.8. The number of rotatable bonds is 7. The van der Waals surface area contributed by atoms with Crippen molar-refractivity contribution in [2.45, 2.75) is 64.0 Å². The highest BCUT2D eigenvalue weighted by molar-refractivity contribution is 5.87. The van der Waals surface area contributed by atoms with Gasteiger partial charge in [0.25, 0.3) is 0 Å². The first-order valence-corrected chi connectivity index (χ1v) is 12.3. The molecule has 12 heteroatoms. The first kappa shape index (κ1) is 28.4. The van der Waals surface area contributed by atoms with Gasteiger partial charge in [-0.15, -0.1) is 0 Å². The van der Waals surface area contributed by atoms with E-state index in [-0.39, 0.29) is 43.7 Å². The average Bonchev–Trinajstić information content (AvgIpc) is 3.13. The highest BCUT2D eigenvalue weighted by atomic mass is 19.4. The molecular weight excluding hydrogens is 533 g/mol. The molecule has 2 aromatic carbocycles. The summed E-state index contributed by atoms with van der Waals surface area (Å²) < 4.78 is 99.6. The van der Waals surface area contributed by atoms with E-state index in [1.54, 1.807) is 17.6 Å². The van der Waals surface area contributed by atoms with Crippen LogP contribution in [0, 0.1) is 5.82 Å². The van der Waals surface area contributed by atoms with Gasteiger partial charge in [0.15, 0.2) is 0 Å². The van der Waals surface area contributed by atoms with Crippen LogP contribution < -0.4 is 5.32 Å². The number of hydrogen-bond donors (Lipinski definition) is 1. The fourth-order valence-corrected chi connectivity index (χ4v) is 4.98. The van der Waals surface area contributed by atoms with E-state index in [1.165, 1.54) is 12.1 Å². The van der Waals surface area contributed by atoms with E-state index in [2.05, 4.69) is 5.32 Å². The number of carbonyl (C=O) groups is 2. The van der Waals surface area contributed by atoms with E-state index in [9.17, 15) is 40.3 Å². The van der Waals surface area contributed by atoms with Gasteiger partial charge < -0.3 is 14.6 Å². The topological polar surface area (TPSA) is 60.3 Å². The summed E-state index contributed by atoms with van der Waals surface area (Å²) in [5, 5.41) is 3.39. The minimum absolute atomic E-state index is 0.0460. The predicted octanol–water partition coefficient (Wildman–Crippen LogP) is 5.99. The zero-order chi connectivity index (χ0) is 28.5. The van der Waals surface area contributed by atoms with E-state index in [1.807, 2.05) is 0 Å². The van der Waals surface area contributed by atoms with Crippen molar-refractivity contribution < 1.29 is 45.1 Å². The first-order chi connectivity index (χ1) is 18.3. The zero-order valence-electron chi connectivity index (χ0n) is 20.8. The number of carbonyl (C=O) groups excluding carboxylic acids is 2. The molecule has 39 heavy (non-hydrogen) atoms. The van der Waals surface area contributed by atoms with Crippen molar-refractivity contribution in [2.75, 3.05) is 6.61 Å². The molecule has 4 rings (SSSR count). The molecule has 0 radical (unpaired) electrons. The van der Waals surface area contributed by atoms with Crippen molar-refractivity contribution in [1.82, 2.24) is 9.88 Å². The summed E-state index contributed by atoms with van der Waals surface area (Å²) in [6.07, 6.45) is -9.32. The third-order valence-corrected chi connectivity index (χ3v) is 6.67. The summed E-state index contributed by atoms with van der Waals surface area (Å²) in [5.74, 6) is -1.44. The predicted molar refractivity (Wildman–Crippen MR) is 127 cm³/mol. The second-order valence-electron chi connectivity index (χ2n) is 9.40. The molecule has 210 valence electrons. The summed E-state index contributed by atoms with van der Waals surface area (Å²) in [6.45, 7) is 1.84. The number of amides is 1. The van der Waals surface area contributed by atoms with Crippen LogP contribution in [0.25, 0.3) is 10.9 Å². The van der Waals surface area contributed by atoms with Crippen LogP contribution in [0.2, 0.25) is 0 Å². The van der Waals surface area contributed by atoms with Gasteiger partial charge in [-0.3, -0.25) is 9.59 Å². The molecule has 5 nitrogen and oxygen atoms in total. The van der Waals surface area contributed by atoms with Crippen LogP contribution in [-0.4, -0.2) is 29.1 Å². The Morgan fingerprint density at radius 1 is 1.03 bits per heavy atom. The standard InChI is InChI=1S/C27H25F7N2O3/c1-2-39-25(38)14-36-22-6-4-18(28)12-20(22)21-13-19(5-7-23(21)36)35-24(37)8-3-15-9-16(26(29,30)31)11-17(10-15)27(32,33)34/h4,6,9-12,19H,2-3,5,7-8,13-14H2,1H3,(H,35,37)/t19-/m0/s1. The quantitative estimate of drug-likeness (QED) is 0.287. The Labute approximate surface area is 218 Å². The van der Waals surface area contributed by atoms with E-state index in [0.29, 0.717) is 42.3 Å². The molecule has 1 atom stereocenters. The molecule has 0 bridgehead atoms. The lowest BCUT2D eigenvalue weighted by atomic mass is 9.91. The van der Waals surface area contributed by atoms with Gasteiger partial charge in [0.05, 0.1) is 17.7 Å². The molecule has 0 saturated carbocycles. The van der Waals surface area contributed by atoms with Gasteiger partial charge >= 0.3 is 18.3 Å². The van der Waals surface area contributed by atoms with E-state index in [4.69, 9.17) is 4.74 Å². The van der Waals surface area contributed by atoms with Crippen molar-refractivity contribution in [3.05, 3.63) is 70.2 Å². The minimum atomic E-state index is -4.97. The SMILES string of the molecule is CCOC(=O)Cn1c2c(c3cc(F)ccc31)C[C@@H](NC(=O)CCc1cc(C(F)(F)F)cc(C(F)(F)F)c1)CC2. The zero-order valence-corrected chi connectivity index (χ0v) is 20.8. The Balaban J connectivity index is 1.48. The van der Waals surface area contributed by atoms with Crippen molar-refractivity contribution in [3.63, 3.8) is 0 Å². The van der Waals surface area contributed by atoms with Crippen LogP contribution in [-0.2, 0) is 52.5 Å². The molecular formula is C27H25F7N2O3. The number of hydrogen-bond acceptors (Lipinski definition) is 3. The molecule has 3 aromatic rings. The minimum Gasteiger partial charge on any atom is -0.465 e. The largest absolute Gasteiger partial charge is 0.465 e. The highest BCUT2D eigenvalue weighted by Gasteiger charge is 2.37. The maximum absolute atomic E-state index is 14.1. The number of nitrogens with one attached hydrogen (secondary N) is 1. The molecule has 1 amide bonds. The third-order valence-electron chi connectivity index (χ3n) is 6.67. The Morgan fingerprint density at radius 3 is 2.31 bits per heavy atom. The molecule has 1 aromatic heterocycles. The molecule has 0 saturated heterocycles. The number of benzene rings is 2. The van der Waals surface area contributed by atoms with Crippen molar-refractivity contribution >= 4 is 22.8 Å². The molecule has 1 aliphatic carbocycles. The van der Waals surface area contributed by atoms with E-state index < -0.39 is 41.2 Å². The third kappa shape index (κ3) is 6.54. The maximum Gasteiger partial charge on any atom is 0.416 e. The van der Waals surface area contributed by atoms with Crippen molar-refractivity contribution in [2.24, 2.45) is 0 Å². The number of aryl methyl sites for hydroxylation is 1. The lowest BCUT2D eigenvalue weighted by molar-refractivity contribution is -0.144. The molecule has 0 aliphatic heterocycles. The molecule has 0 fully saturated rings. The van der Waals surface area contributed by atoms with Crippen molar-refractivity contribution in [1.29, 1.82) is 0 Å². The number of ether oxygens (including phenoxy) is 1. The molecule has 0 unspecified atom stereocenters. The second-order valence-corrected chi connectivity index (χ2v) is 9.40. The molecule has 1 aliphatic rings. The fourth-order valence-electron chi connectivity index (χ4n) is 4.98. The lowest BCUT2D eigenvalue weighted by Gasteiger charge is -2.25. The highest BCUT2D eigenvalue weighted by Crippen LogP contribution is 2.37. The van der Waals surface area contributed by atoms with Gasteiger partial charge in [0, 0.05) is 29.1 Å². The number of aromatic nitrogens is 1. The smallest absolute Gasteiger partial charge is 0.416 e. The summed E-state index contributed by atoms with van der Waals surface area (Å²) in [5.41, 5.74) is -0.893. The Kier molecular flexibility index (Phi) is 7.94. The number of esters is 1. The summed E-state index contributed by atoms with van der Waals surface area (Å²) in [6, 6.07) is 5.09. The normalized spacial score (nSPS) is 15.7. The van der Waals surface area contributed by atoms with E-state index >= 15 is 0 Å². The van der Waals surface area contributed by atoms with Crippen LogP contribution >= 0.6 is 0 Å². The number of alkyl halides is 6. The average molecular weight is 558 g/mol. The Bertz CT molecular complexity index is 1360. The Morgan fingerprint density at radius 2 is 1.69 bits per heavy atom. The summed E-state index contributed by atoms with van der Waals surface area (Å²) in [7, 11) is 0. The fraction of sp³-hybridized carbons (Fsp3) is 0.407. The van der Waals surface area contributed by atoms with Gasteiger partial charge in [-0.2, -0.15) is 26.3 Å². The van der Waals surface area contributed by atoms with Crippen LogP contribution in [0.1, 0.15) is 47.7 Å². The van der Waals surface area contributed by atoms with Gasteiger partial charge in [0.1, 0.15) is 12.4 Å². The van der Waals surface area contributed by atoms with Crippen molar-refractivity contribution in [3.8, 4) is 0 Å². The van der Waals surface area contributed by atoms with E-state index in [0.717, 1.165) is 11.3 Å². The van der Waals surface area contributed by atoms with Crippen LogP contribution in [0.4, 0.5) is 30.7 Å². The number of fused-ring (bicyclic) bond motifs is 3. The number of nitrogens with zero attached hydrogens (tertiary/aromatic N) is 1. The lowest BCUT2D eigenvalue weighted by Crippen LogP contribution is -2.39. The van der Waals surface area contributed by atoms with Crippen LogP contribution in [0.3, 0.4) is 0 Å².